The molecule has 0 aliphatic heterocycles. The van der Waals surface area contributed by atoms with Crippen LogP contribution in [-0.2, 0) is 11.3 Å². The smallest absolute Gasteiger partial charge is 0.408 e. The molecule has 0 saturated heterocycles. The van der Waals surface area contributed by atoms with E-state index < -0.39 is 11.7 Å². The molecule has 0 aromatic carbocycles. The molecule has 0 atom stereocenters. The molecule has 28 heavy (non-hydrogen) atoms. The molecule has 0 aliphatic rings. The highest BCUT2D eigenvalue weighted by molar-refractivity contribution is 14.1. The SMILES string of the molecule is C=C.CC#C/C(C)=C/c1nc(CNC(=O)OC(C)(C)C)[nH]c1C.CCC.CI. The summed E-state index contributed by atoms with van der Waals surface area (Å²) in [5.74, 6) is 6.50. The van der Waals surface area contributed by atoms with E-state index in [0.717, 1.165) is 17.0 Å². The fourth-order valence-corrected chi connectivity index (χ4v) is 1.67. The molecule has 0 spiro atoms. The average Bonchev–Trinajstić information content (AvgIpc) is 2.96. The lowest BCUT2D eigenvalue weighted by molar-refractivity contribution is 0.0522. The number of aromatic nitrogens is 2. The number of amides is 1. The Kier molecular flexibility index (Phi) is 20.6. The Labute approximate surface area is 186 Å². The number of H-pyrrole nitrogens is 1. The average molecular weight is 503 g/mol. The Morgan fingerprint density at radius 1 is 1.32 bits per heavy atom. The summed E-state index contributed by atoms with van der Waals surface area (Å²) in [4.78, 5) is 21.1. The van der Waals surface area contributed by atoms with Crippen molar-refractivity contribution in [3.8, 4) is 11.8 Å². The largest absolute Gasteiger partial charge is 0.444 e. The highest BCUT2D eigenvalue weighted by Crippen LogP contribution is 2.10. The van der Waals surface area contributed by atoms with E-state index in [1.807, 2.05) is 45.6 Å². The molecule has 6 heteroatoms. The third kappa shape index (κ3) is 17.7. The summed E-state index contributed by atoms with van der Waals surface area (Å²) in [6.07, 6.45) is 2.71. The van der Waals surface area contributed by atoms with E-state index in [2.05, 4.69) is 76.7 Å². The van der Waals surface area contributed by atoms with Crippen LogP contribution in [0.2, 0.25) is 0 Å². The van der Waals surface area contributed by atoms with Gasteiger partial charge < -0.3 is 15.0 Å². The molecular formula is C22H38IN3O2. The Hall–Kier alpha value is -1.75. The van der Waals surface area contributed by atoms with Crippen molar-refractivity contribution in [2.75, 3.05) is 4.93 Å². The fraction of sp³-hybridized carbons (Fsp3) is 0.545. The summed E-state index contributed by atoms with van der Waals surface area (Å²) in [5, 5.41) is 2.67. The van der Waals surface area contributed by atoms with Crippen molar-refractivity contribution in [2.24, 2.45) is 0 Å². The van der Waals surface area contributed by atoms with Gasteiger partial charge in [0.2, 0.25) is 0 Å². The maximum atomic E-state index is 11.6. The number of alkyl halides is 1. The van der Waals surface area contributed by atoms with Crippen LogP contribution in [-0.4, -0.2) is 26.6 Å². The van der Waals surface area contributed by atoms with E-state index in [0.29, 0.717) is 12.4 Å². The van der Waals surface area contributed by atoms with Gasteiger partial charge in [0.05, 0.1) is 12.2 Å². The number of nitrogens with one attached hydrogen (secondary N) is 2. The molecule has 1 aromatic rings. The maximum Gasteiger partial charge on any atom is 0.408 e. The topological polar surface area (TPSA) is 67.0 Å². The van der Waals surface area contributed by atoms with Gasteiger partial charge >= 0.3 is 6.09 Å². The lowest BCUT2D eigenvalue weighted by atomic mass is 10.2. The third-order valence-electron chi connectivity index (χ3n) is 2.45. The predicted octanol–water partition coefficient (Wildman–Crippen LogP) is 6.44. The quantitative estimate of drug-likeness (QED) is 0.216. The summed E-state index contributed by atoms with van der Waals surface area (Å²) in [6, 6.07) is 0. The lowest BCUT2D eigenvalue weighted by Crippen LogP contribution is -2.32. The Morgan fingerprint density at radius 2 is 1.82 bits per heavy atom. The van der Waals surface area contributed by atoms with Crippen LogP contribution in [0.15, 0.2) is 18.7 Å². The summed E-state index contributed by atoms with van der Waals surface area (Å²) >= 11 is 2.15. The number of hydrogen-bond donors (Lipinski definition) is 2. The highest BCUT2D eigenvalue weighted by atomic mass is 127. The van der Waals surface area contributed by atoms with Crippen LogP contribution in [0.4, 0.5) is 4.79 Å². The first-order chi connectivity index (χ1) is 13.1. The van der Waals surface area contributed by atoms with Gasteiger partial charge in [0.15, 0.2) is 0 Å². The first-order valence-corrected chi connectivity index (χ1v) is 11.3. The van der Waals surface area contributed by atoms with Crippen molar-refractivity contribution in [2.45, 2.75) is 74.0 Å². The molecule has 2 N–H and O–H groups in total. The molecule has 0 unspecified atom stereocenters. The van der Waals surface area contributed by atoms with Crippen molar-refractivity contribution in [1.82, 2.24) is 15.3 Å². The third-order valence-corrected chi connectivity index (χ3v) is 2.45. The molecule has 1 amide bonds. The van der Waals surface area contributed by atoms with E-state index in [9.17, 15) is 4.79 Å². The van der Waals surface area contributed by atoms with E-state index >= 15 is 0 Å². The number of nitrogens with zero attached hydrogens (tertiary/aromatic N) is 1. The molecule has 0 radical (unpaired) electrons. The van der Waals surface area contributed by atoms with E-state index in [4.69, 9.17) is 4.74 Å². The number of hydrogen-bond acceptors (Lipinski definition) is 3. The number of aromatic amines is 1. The number of alkyl carbamates (subject to hydrolysis) is 1. The number of halogens is 1. The minimum atomic E-state index is -0.507. The molecular weight excluding hydrogens is 465 g/mol. The maximum absolute atomic E-state index is 11.6. The zero-order valence-electron chi connectivity index (χ0n) is 19.0. The van der Waals surface area contributed by atoms with Crippen molar-refractivity contribution >= 4 is 34.8 Å². The number of allylic oxidation sites excluding steroid dienone is 1. The summed E-state index contributed by atoms with van der Waals surface area (Å²) in [7, 11) is 0. The van der Waals surface area contributed by atoms with Crippen LogP contribution < -0.4 is 5.32 Å². The van der Waals surface area contributed by atoms with Gasteiger partial charge in [-0.1, -0.05) is 48.8 Å². The van der Waals surface area contributed by atoms with Crippen molar-refractivity contribution < 1.29 is 9.53 Å². The van der Waals surface area contributed by atoms with Crippen LogP contribution in [0.5, 0.6) is 0 Å². The monoisotopic (exact) mass is 503 g/mol. The zero-order valence-corrected chi connectivity index (χ0v) is 21.2. The van der Waals surface area contributed by atoms with Gasteiger partial charge in [-0.05, 0) is 52.5 Å². The van der Waals surface area contributed by atoms with Crippen LogP contribution in [0.3, 0.4) is 0 Å². The number of aryl methyl sites for hydroxylation is 1. The van der Waals surface area contributed by atoms with Gasteiger partial charge in [0, 0.05) is 11.3 Å². The van der Waals surface area contributed by atoms with E-state index in [-0.39, 0.29) is 0 Å². The first kappa shape index (κ1) is 31.0. The molecule has 5 nitrogen and oxygen atoms in total. The number of carbonyl (C=O) groups is 1. The summed E-state index contributed by atoms with van der Waals surface area (Å²) < 4.78 is 5.17. The highest BCUT2D eigenvalue weighted by Gasteiger charge is 2.16. The Morgan fingerprint density at radius 3 is 2.25 bits per heavy atom. The van der Waals surface area contributed by atoms with Gasteiger partial charge in [-0.3, -0.25) is 0 Å². The molecule has 0 saturated carbocycles. The number of ether oxygens (including phenoxy) is 1. The molecule has 0 bridgehead atoms. The summed E-state index contributed by atoms with van der Waals surface area (Å²) in [6.45, 7) is 21.7. The van der Waals surface area contributed by atoms with Crippen LogP contribution >= 0.6 is 22.6 Å². The minimum Gasteiger partial charge on any atom is -0.444 e. The van der Waals surface area contributed by atoms with Crippen LogP contribution in [0.1, 0.15) is 72.1 Å². The van der Waals surface area contributed by atoms with Gasteiger partial charge in [0.25, 0.3) is 0 Å². The Bertz CT molecular complexity index is 632. The van der Waals surface area contributed by atoms with Gasteiger partial charge in [-0.15, -0.1) is 19.1 Å². The second-order valence-corrected chi connectivity index (χ2v) is 6.46. The second-order valence-electron chi connectivity index (χ2n) is 6.46. The van der Waals surface area contributed by atoms with E-state index in [1.165, 1.54) is 6.42 Å². The fourth-order valence-electron chi connectivity index (χ4n) is 1.67. The molecule has 1 heterocycles. The Balaban J connectivity index is -0.000000789. The summed E-state index contributed by atoms with van der Waals surface area (Å²) in [5.41, 5.74) is 2.20. The normalized spacial score (nSPS) is 9.71. The number of carbonyl (C=O) groups excluding carboxylic acids is 1. The second kappa shape index (κ2) is 18.6. The molecule has 0 aliphatic carbocycles. The van der Waals surface area contributed by atoms with Crippen molar-refractivity contribution in [1.29, 1.82) is 0 Å². The van der Waals surface area contributed by atoms with Crippen LogP contribution in [0, 0.1) is 18.8 Å². The van der Waals surface area contributed by atoms with Crippen molar-refractivity contribution in [3.63, 3.8) is 0 Å². The minimum absolute atomic E-state index is 0.294. The predicted molar refractivity (Wildman–Crippen MR) is 131 cm³/mol. The first-order valence-electron chi connectivity index (χ1n) is 9.14. The van der Waals surface area contributed by atoms with Gasteiger partial charge in [0.1, 0.15) is 11.4 Å². The molecule has 1 rings (SSSR count). The van der Waals surface area contributed by atoms with E-state index in [1.54, 1.807) is 6.92 Å². The molecule has 0 fully saturated rings. The zero-order chi connectivity index (χ0) is 22.8. The van der Waals surface area contributed by atoms with Crippen molar-refractivity contribution in [3.05, 3.63) is 35.9 Å². The van der Waals surface area contributed by atoms with Crippen LogP contribution in [0.25, 0.3) is 6.08 Å². The molecule has 160 valence electrons. The van der Waals surface area contributed by atoms with Gasteiger partial charge in [-0.2, -0.15) is 0 Å². The standard InChI is InChI=1S/C16H23N3O2.C3H8.C2H4.CH3I/c1-7-8-11(2)9-13-12(3)18-14(19-13)10-17-15(20)21-16(4,5)6;1-3-2;2*1-2/h9H,10H2,1-6H3,(H,17,20)(H,18,19);3H2,1-2H3;1-2H2;1H3/b11-9+;;;. The molecule has 1 aromatic heterocycles. The number of rotatable bonds is 3. The number of imidazole rings is 1. The van der Waals surface area contributed by atoms with Gasteiger partial charge in [-0.25, -0.2) is 9.78 Å². The lowest BCUT2D eigenvalue weighted by Gasteiger charge is -2.19.